The molecule has 4 heteroatoms. The normalized spacial score (nSPS) is 17.8. The predicted octanol–water partition coefficient (Wildman–Crippen LogP) is 9.77. The highest BCUT2D eigenvalue weighted by Crippen LogP contribution is 2.40. The summed E-state index contributed by atoms with van der Waals surface area (Å²) in [6.45, 7) is 4.42. The van der Waals surface area contributed by atoms with E-state index >= 15 is 0 Å². The fourth-order valence-electron chi connectivity index (χ4n) is 5.41. The van der Waals surface area contributed by atoms with E-state index < -0.39 is 11.6 Å². The van der Waals surface area contributed by atoms with Crippen LogP contribution in [0.15, 0.2) is 54.6 Å². The number of ether oxygens (including phenoxy) is 1. The Hall–Kier alpha value is -2.75. The molecule has 0 unspecified atom stereocenters. The third-order valence-corrected chi connectivity index (χ3v) is 7.57. The second-order valence-corrected chi connectivity index (χ2v) is 10.2. The van der Waals surface area contributed by atoms with Crippen molar-refractivity contribution in [1.82, 2.24) is 0 Å². The van der Waals surface area contributed by atoms with Gasteiger partial charge in [-0.05, 0) is 84.7 Å². The minimum atomic E-state index is -0.912. The molecule has 4 rings (SSSR count). The molecule has 36 heavy (non-hydrogen) atoms. The zero-order valence-corrected chi connectivity index (χ0v) is 21.5. The molecule has 1 fully saturated rings. The summed E-state index contributed by atoms with van der Waals surface area (Å²) in [5.74, 6) is -1.20. The summed E-state index contributed by atoms with van der Waals surface area (Å²) >= 11 is 0. The summed E-state index contributed by atoms with van der Waals surface area (Å²) in [7, 11) is 0. The van der Waals surface area contributed by atoms with Crippen LogP contribution in [0.5, 0.6) is 5.75 Å². The van der Waals surface area contributed by atoms with Crippen LogP contribution in [-0.2, 0) is 13.0 Å². The van der Waals surface area contributed by atoms with Crippen LogP contribution in [0.2, 0.25) is 0 Å². The van der Waals surface area contributed by atoms with Crippen molar-refractivity contribution in [3.05, 3.63) is 88.7 Å². The first-order valence-corrected chi connectivity index (χ1v) is 13.5. The van der Waals surface area contributed by atoms with Gasteiger partial charge in [-0.3, -0.25) is 0 Å². The second kappa shape index (κ2) is 12.5. The molecule has 0 bridgehead atoms. The highest BCUT2D eigenvalue weighted by molar-refractivity contribution is 5.64. The molecule has 0 amide bonds. The minimum absolute atomic E-state index is 0.0753. The Morgan fingerprint density at radius 1 is 0.778 bits per heavy atom. The highest BCUT2D eigenvalue weighted by Gasteiger charge is 2.26. The summed E-state index contributed by atoms with van der Waals surface area (Å²) in [5, 5.41) is 0. The van der Waals surface area contributed by atoms with Crippen molar-refractivity contribution in [3.63, 3.8) is 0 Å². The average Bonchev–Trinajstić information content (AvgIpc) is 2.90. The molecule has 1 aliphatic carbocycles. The van der Waals surface area contributed by atoms with Crippen LogP contribution in [-0.4, -0.2) is 0 Å². The van der Waals surface area contributed by atoms with Crippen molar-refractivity contribution in [1.29, 1.82) is 0 Å². The number of benzene rings is 3. The van der Waals surface area contributed by atoms with E-state index in [0.29, 0.717) is 11.1 Å². The van der Waals surface area contributed by atoms with E-state index in [1.807, 2.05) is 36.4 Å². The Morgan fingerprint density at radius 2 is 1.50 bits per heavy atom. The molecule has 0 N–H and O–H groups in total. The van der Waals surface area contributed by atoms with Gasteiger partial charge in [-0.1, -0.05) is 75.6 Å². The van der Waals surface area contributed by atoms with Crippen LogP contribution < -0.4 is 4.74 Å². The van der Waals surface area contributed by atoms with E-state index in [2.05, 4.69) is 13.8 Å². The Labute approximate surface area is 213 Å². The van der Waals surface area contributed by atoms with Gasteiger partial charge in [0.15, 0.2) is 11.6 Å². The topological polar surface area (TPSA) is 9.23 Å². The van der Waals surface area contributed by atoms with Crippen molar-refractivity contribution in [2.75, 3.05) is 0 Å². The van der Waals surface area contributed by atoms with Gasteiger partial charge in [-0.2, -0.15) is 4.39 Å². The molecule has 0 aliphatic heterocycles. The summed E-state index contributed by atoms with van der Waals surface area (Å²) in [5.41, 5.74) is 3.61. The summed E-state index contributed by atoms with van der Waals surface area (Å²) in [6.07, 6.45) is 9.39. The smallest absolute Gasteiger partial charge is 0.200 e. The van der Waals surface area contributed by atoms with Gasteiger partial charge in [0.05, 0.1) is 0 Å². The maximum Gasteiger partial charge on any atom is 0.200 e. The molecule has 0 aromatic heterocycles. The molecular formula is C32H37F3O. The zero-order chi connectivity index (χ0) is 25.5. The molecule has 0 saturated heterocycles. The van der Waals surface area contributed by atoms with E-state index in [4.69, 9.17) is 4.74 Å². The first-order chi connectivity index (χ1) is 17.5. The number of aryl methyl sites for hydroxylation is 1. The van der Waals surface area contributed by atoms with Crippen molar-refractivity contribution in [3.8, 4) is 16.9 Å². The molecule has 0 atom stereocenters. The number of hydrogen-bond acceptors (Lipinski definition) is 1. The molecule has 3 aromatic carbocycles. The van der Waals surface area contributed by atoms with E-state index in [1.54, 1.807) is 18.2 Å². The lowest BCUT2D eigenvalue weighted by molar-refractivity contribution is 0.279. The van der Waals surface area contributed by atoms with Gasteiger partial charge in [-0.25, -0.2) is 8.78 Å². The quantitative estimate of drug-likeness (QED) is 0.272. The molecule has 1 saturated carbocycles. The average molecular weight is 495 g/mol. The SMILES string of the molecule is CCCCc1ccc(-c2ccc(COc3ccc(C4CCC(CCC)CC4)c(F)c3F)cc2)c(F)c1. The number of halogens is 3. The lowest BCUT2D eigenvalue weighted by Crippen LogP contribution is -2.15. The van der Waals surface area contributed by atoms with E-state index in [9.17, 15) is 13.2 Å². The molecule has 0 heterocycles. The minimum Gasteiger partial charge on any atom is -0.486 e. The Bertz CT molecular complexity index is 1130. The fraction of sp³-hybridized carbons (Fsp3) is 0.438. The van der Waals surface area contributed by atoms with Crippen molar-refractivity contribution in [2.24, 2.45) is 5.92 Å². The maximum absolute atomic E-state index is 14.9. The van der Waals surface area contributed by atoms with Crippen molar-refractivity contribution >= 4 is 0 Å². The third-order valence-electron chi connectivity index (χ3n) is 7.57. The molecule has 3 aromatic rings. The van der Waals surface area contributed by atoms with Crippen LogP contribution in [0.1, 0.15) is 87.8 Å². The van der Waals surface area contributed by atoms with Gasteiger partial charge < -0.3 is 4.74 Å². The Kier molecular flexibility index (Phi) is 9.12. The summed E-state index contributed by atoms with van der Waals surface area (Å²) in [4.78, 5) is 0. The van der Waals surface area contributed by atoms with Crippen molar-refractivity contribution in [2.45, 2.75) is 84.2 Å². The zero-order valence-electron chi connectivity index (χ0n) is 21.5. The van der Waals surface area contributed by atoms with E-state index in [0.717, 1.165) is 67.6 Å². The van der Waals surface area contributed by atoms with E-state index in [-0.39, 0.29) is 24.1 Å². The summed E-state index contributed by atoms with van der Waals surface area (Å²) in [6, 6.07) is 16.0. The Morgan fingerprint density at radius 3 is 2.17 bits per heavy atom. The Balaban J connectivity index is 1.37. The standard InChI is InChI=1S/C32H37F3O/c1-3-5-7-23-12-17-27(29(33)20-23)25-15-10-24(11-16-25)21-36-30-19-18-28(31(34)32(30)35)26-13-8-22(6-4-2)9-14-26/h10-12,15-20,22,26H,3-9,13-14,21H2,1-2H3. The van der Waals surface area contributed by atoms with Crippen LogP contribution in [0.25, 0.3) is 11.1 Å². The molecule has 0 spiro atoms. The molecular weight excluding hydrogens is 457 g/mol. The summed E-state index contributed by atoms with van der Waals surface area (Å²) < 4.78 is 50.0. The number of rotatable bonds is 10. The van der Waals surface area contributed by atoms with Crippen LogP contribution in [0.3, 0.4) is 0 Å². The lowest BCUT2D eigenvalue weighted by Gasteiger charge is -2.29. The van der Waals surface area contributed by atoms with Gasteiger partial charge in [-0.15, -0.1) is 0 Å². The molecule has 1 nitrogen and oxygen atoms in total. The first kappa shape index (κ1) is 26.3. The van der Waals surface area contributed by atoms with Gasteiger partial charge in [0.2, 0.25) is 5.82 Å². The van der Waals surface area contributed by atoms with Gasteiger partial charge in [0.25, 0.3) is 0 Å². The van der Waals surface area contributed by atoms with E-state index in [1.165, 1.54) is 12.8 Å². The lowest BCUT2D eigenvalue weighted by atomic mass is 9.77. The molecule has 0 radical (unpaired) electrons. The van der Waals surface area contributed by atoms with Crippen LogP contribution in [0.4, 0.5) is 13.2 Å². The maximum atomic E-state index is 14.9. The number of unbranched alkanes of at least 4 members (excludes halogenated alkanes) is 1. The first-order valence-electron chi connectivity index (χ1n) is 13.5. The molecule has 1 aliphatic rings. The fourth-order valence-corrected chi connectivity index (χ4v) is 5.41. The number of hydrogen-bond donors (Lipinski definition) is 0. The van der Waals surface area contributed by atoms with Gasteiger partial charge >= 0.3 is 0 Å². The van der Waals surface area contributed by atoms with Crippen molar-refractivity contribution < 1.29 is 17.9 Å². The third kappa shape index (κ3) is 6.32. The largest absolute Gasteiger partial charge is 0.486 e. The van der Waals surface area contributed by atoms with Crippen LogP contribution >= 0.6 is 0 Å². The highest BCUT2D eigenvalue weighted by atomic mass is 19.2. The second-order valence-electron chi connectivity index (χ2n) is 10.2. The van der Waals surface area contributed by atoms with Gasteiger partial charge in [0, 0.05) is 5.56 Å². The predicted molar refractivity (Wildman–Crippen MR) is 141 cm³/mol. The molecule has 192 valence electrons. The monoisotopic (exact) mass is 494 g/mol. The van der Waals surface area contributed by atoms with Crippen LogP contribution in [0, 0.1) is 23.4 Å². The van der Waals surface area contributed by atoms with Gasteiger partial charge in [0.1, 0.15) is 12.4 Å².